The van der Waals surface area contributed by atoms with Crippen LogP contribution in [0, 0.1) is 11.3 Å². The van der Waals surface area contributed by atoms with Crippen molar-refractivity contribution in [1.29, 1.82) is 5.26 Å². The van der Waals surface area contributed by atoms with Crippen molar-refractivity contribution in [1.82, 2.24) is 9.78 Å². The Kier molecular flexibility index (Phi) is 3.55. The molecule has 0 atom stereocenters. The summed E-state index contributed by atoms with van der Waals surface area (Å²) >= 11 is 5.13. The maximum Gasteiger partial charge on any atom is 0.177 e. The van der Waals surface area contributed by atoms with Crippen LogP contribution in [-0.4, -0.2) is 16.0 Å². The van der Waals surface area contributed by atoms with Gasteiger partial charge < -0.3 is 0 Å². The van der Waals surface area contributed by atoms with Crippen LogP contribution in [-0.2, 0) is 7.05 Å². The molecule has 1 heterocycles. The van der Waals surface area contributed by atoms with E-state index >= 15 is 0 Å². The quantitative estimate of drug-likeness (QED) is 0.798. The third-order valence-electron chi connectivity index (χ3n) is 2.46. The van der Waals surface area contributed by atoms with Crippen molar-refractivity contribution in [2.45, 2.75) is 4.90 Å². The van der Waals surface area contributed by atoms with Gasteiger partial charge >= 0.3 is 0 Å². The Balaban J connectivity index is 2.53. The maximum atomic E-state index is 8.93. The van der Waals surface area contributed by atoms with Gasteiger partial charge in [0.25, 0.3) is 0 Å². The van der Waals surface area contributed by atoms with Gasteiger partial charge in [-0.15, -0.1) is 11.8 Å². The lowest BCUT2D eigenvalue weighted by Gasteiger charge is -2.04. The van der Waals surface area contributed by atoms with Gasteiger partial charge in [-0.25, -0.2) is 0 Å². The van der Waals surface area contributed by atoms with Gasteiger partial charge in [-0.3, -0.25) is 4.68 Å². The monoisotopic (exact) mass is 307 g/mol. The standard InChI is InChI=1S/C12H10BrN3S/c1-16-12(11(13)10(7-14)15-16)8-3-5-9(17-2)6-4-8/h3-6H,1-2H3. The van der Waals surface area contributed by atoms with Crippen molar-refractivity contribution in [2.75, 3.05) is 6.26 Å². The molecule has 1 aromatic carbocycles. The molecule has 0 fully saturated rings. The van der Waals surface area contributed by atoms with Crippen molar-refractivity contribution < 1.29 is 0 Å². The molecular weight excluding hydrogens is 298 g/mol. The summed E-state index contributed by atoms with van der Waals surface area (Å²) in [5, 5.41) is 13.1. The molecule has 17 heavy (non-hydrogen) atoms. The van der Waals surface area contributed by atoms with E-state index in [2.05, 4.69) is 39.2 Å². The predicted octanol–water partition coefficient (Wildman–Crippen LogP) is 3.44. The third kappa shape index (κ3) is 2.24. The fourth-order valence-corrected chi connectivity index (χ4v) is 2.69. The highest BCUT2D eigenvalue weighted by molar-refractivity contribution is 9.10. The lowest BCUT2D eigenvalue weighted by Crippen LogP contribution is -1.93. The van der Waals surface area contributed by atoms with E-state index in [0.29, 0.717) is 5.69 Å². The molecule has 0 spiro atoms. The molecule has 0 aliphatic carbocycles. The molecule has 0 N–H and O–H groups in total. The van der Waals surface area contributed by atoms with Crippen LogP contribution >= 0.6 is 27.7 Å². The minimum atomic E-state index is 0.413. The highest BCUT2D eigenvalue weighted by Crippen LogP contribution is 2.31. The fraction of sp³-hybridized carbons (Fsp3) is 0.167. The van der Waals surface area contributed by atoms with Crippen molar-refractivity contribution in [3.8, 4) is 17.3 Å². The molecule has 86 valence electrons. The van der Waals surface area contributed by atoms with Gasteiger partial charge in [-0.05, 0) is 34.3 Å². The molecule has 5 heteroatoms. The second-order valence-corrected chi connectivity index (χ2v) is 5.15. The summed E-state index contributed by atoms with van der Waals surface area (Å²) in [5.74, 6) is 0. The topological polar surface area (TPSA) is 41.6 Å². The number of hydrogen-bond donors (Lipinski definition) is 0. The van der Waals surface area contributed by atoms with E-state index < -0.39 is 0 Å². The van der Waals surface area contributed by atoms with E-state index in [1.54, 1.807) is 16.4 Å². The zero-order valence-corrected chi connectivity index (χ0v) is 11.8. The van der Waals surface area contributed by atoms with Gasteiger partial charge in [0.2, 0.25) is 0 Å². The number of nitriles is 1. The van der Waals surface area contributed by atoms with Crippen molar-refractivity contribution in [3.05, 3.63) is 34.4 Å². The molecule has 0 saturated carbocycles. The summed E-state index contributed by atoms with van der Waals surface area (Å²) in [5.41, 5.74) is 2.39. The van der Waals surface area contributed by atoms with Gasteiger partial charge in [0.1, 0.15) is 6.07 Å². The number of hydrogen-bond acceptors (Lipinski definition) is 3. The molecule has 0 saturated heterocycles. The van der Waals surface area contributed by atoms with E-state index in [1.807, 2.05) is 25.4 Å². The van der Waals surface area contributed by atoms with Crippen LogP contribution in [0.1, 0.15) is 5.69 Å². The Labute approximate surface area is 113 Å². The summed E-state index contributed by atoms with van der Waals surface area (Å²) < 4.78 is 2.47. The van der Waals surface area contributed by atoms with E-state index in [1.165, 1.54) is 4.90 Å². The zero-order chi connectivity index (χ0) is 12.4. The van der Waals surface area contributed by atoms with Gasteiger partial charge in [-0.1, -0.05) is 12.1 Å². The van der Waals surface area contributed by atoms with E-state index in [-0.39, 0.29) is 0 Å². The lowest BCUT2D eigenvalue weighted by molar-refractivity contribution is 0.771. The van der Waals surface area contributed by atoms with Gasteiger partial charge in [0.05, 0.1) is 10.2 Å². The van der Waals surface area contributed by atoms with E-state index in [0.717, 1.165) is 15.7 Å². The average Bonchev–Trinajstić information content (AvgIpc) is 2.64. The first-order chi connectivity index (χ1) is 8.17. The predicted molar refractivity (Wildman–Crippen MR) is 72.8 cm³/mol. The SMILES string of the molecule is CSc1ccc(-c2c(Br)c(C#N)nn2C)cc1. The Bertz CT molecular complexity index is 581. The minimum absolute atomic E-state index is 0.413. The Morgan fingerprint density at radius 3 is 2.47 bits per heavy atom. The lowest BCUT2D eigenvalue weighted by atomic mass is 10.1. The summed E-state index contributed by atoms with van der Waals surface area (Å²) in [6, 6.07) is 10.3. The number of benzene rings is 1. The number of thioether (sulfide) groups is 1. The second kappa shape index (κ2) is 4.94. The number of halogens is 1. The van der Waals surface area contributed by atoms with Crippen molar-refractivity contribution >= 4 is 27.7 Å². The molecule has 2 rings (SSSR count). The summed E-state index contributed by atoms with van der Waals surface area (Å²) in [6.07, 6.45) is 2.04. The van der Waals surface area contributed by atoms with Crippen molar-refractivity contribution in [2.24, 2.45) is 7.05 Å². The van der Waals surface area contributed by atoms with Gasteiger partial charge in [-0.2, -0.15) is 10.4 Å². The van der Waals surface area contributed by atoms with Crippen LogP contribution in [0.4, 0.5) is 0 Å². The molecule has 2 aromatic rings. The number of aromatic nitrogens is 2. The molecule has 0 aliphatic heterocycles. The number of nitrogens with zero attached hydrogens (tertiary/aromatic N) is 3. The first kappa shape index (κ1) is 12.2. The van der Waals surface area contributed by atoms with Crippen LogP contribution < -0.4 is 0 Å². The highest BCUT2D eigenvalue weighted by Gasteiger charge is 2.14. The van der Waals surface area contributed by atoms with E-state index in [9.17, 15) is 0 Å². The average molecular weight is 308 g/mol. The first-order valence-electron chi connectivity index (χ1n) is 4.94. The molecule has 0 radical (unpaired) electrons. The zero-order valence-electron chi connectivity index (χ0n) is 9.44. The van der Waals surface area contributed by atoms with Crippen LogP contribution in [0.5, 0.6) is 0 Å². The van der Waals surface area contributed by atoms with Crippen LogP contribution in [0.3, 0.4) is 0 Å². The summed E-state index contributed by atoms with van der Waals surface area (Å²) in [7, 11) is 1.84. The summed E-state index contributed by atoms with van der Waals surface area (Å²) in [6.45, 7) is 0. The normalized spacial score (nSPS) is 10.2. The van der Waals surface area contributed by atoms with Crippen LogP contribution in [0.2, 0.25) is 0 Å². The molecular formula is C12H10BrN3S. The molecule has 1 aromatic heterocycles. The Hall–Kier alpha value is -1.25. The number of aryl methyl sites for hydroxylation is 1. The smallest absolute Gasteiger partial charge is 0.177 e. The third-order valence-corrected chi connectivity index (χ3v) is 3.95. The molecule has 0 bridgehead atoms. The minimum Gasteiger partial charge on any atom is -0.265 e. The van der Waals surface area contributed by atoms with E-state index in [4.69, 9.17) is 5.26 Å². The molecule has 0 unspecified atom stereocenters. The van der Waals surface area contributed by atoms with Gasteiger partial charge in [0.15, 0.2) is 5.69 Å². The Morgan fingerprint density at radius 2 is 2.00 bits per heavy atom. The largest absolute Gasteiger partial charge is 0.265 e. The van der Waals surface area contributed by atoms with Crippen LogP contribution in [0.25, 0.3) is 11.3 Å². The van der Waals surface area contributed by atoms with Gasteiger partial charge in [0, 0.05) is 17.5 Å². The number of rotatable bonds is 2. The molecule has 0 aliphatic rings. The Morgan fingerprint density at radius 1 is 1.35 bits per heavy atom. The summed E-state index contributed by atoms with van der Waals surface area (Å²) in [4.78, 5) is 1.22. The second-order valence-electron chi connectivity index (χ2n) is 3.48. The molecule has 3 nitrogen and oxygen atoms in total. The first-order valence-corrected chi connectivity index (χ1v) is 6.96. The van der Waals surface area contributed by atoms with Crippen LogP contribution in [0.15, 0.2) is 33.6 Å². The highest BCUT2D eigenvalue weighted by atomic mass is 79.9. The maximum absolute atomic E-state index is 8.93. The molecule has 0 amide bonds. The van der Waals surface area contributed by atoms with Crippen molar-refractivity contribution in [3.63, 3.8) is 0 Å². The fourth-order valence-electron chi connectivity index (χ4n) is 1.63.